The summed E-state index contributed by atoms with van der Waals surface area (Å²) in [6.45, 7) is 7.20. The summed E-state index contributed by atoms with van der Waals surface area (Å²) < 4.78 is 0. The maximum atomic E-state index is 9.27. The van der Waals surface area contributed by atoms with E-state index in [1.54, 1.807) is 12.1 Å². The van der Waals surface area contributed by atoms with Crippen LogP contribution < -0.4 is 0 Å². The summed E-state index contributed by atoms with van der Waals surface area (Å²) in [4.78, 5) is 4.80. The molecule has 0 heterocycles. The zero-order valence-corrected chi connectivity index (χ0v) is 12.0. The lowest BCUT2D eigenvalue weighted by atomic mass is 9.45. The lowest BCUT2D eigenvalue weighted by molar-refractivity contribution is -0.108. The van der Waals surface area contributed by atoms with Crippen molar-refractivity contribution < 1.29 is 5.11 Å². The van der Waals surface area contributed by atoms with Crippen molar-refractivity contribution in [1.82, 2.24) is 0 Å². The average Bonchev–Trinajstić information content (AvgIpc) is 2.38. The molecule has 0 saturated heterocycles. The van der Waals surface area contributed by atoms with Crippen LogP contribution in [0.25, 0.3) is 0 Å². The number of phenols is 1. The van der Waals surface area contributed by atoms with Gasteiger partial charge in [0.15, 0.2) is 0 Å². The first-order chi connectivity index (χ1) is 8.98. The molecule has 2 bridgehead atoms. The Kier molecular flexibility index (Phi) is 2.92. The molecule has 3 fully saturated rings. The van der Waals surface area contributed by atoms with Crippen molar-refractivity contribution in [3.63, 3.8) is 0 Å². The van der Waals surface area contributed by atoms with E-state index in [1.165, 1.54) is 12.8 Å². The van der Waals surface area contributed by atoms with Crippen molar-refractivity contribution in [2.45, 2.75) is 39.7 Å². The summed E-state index contributed by atoms with van der Waals surface area (Å²) in [5, 5.41) is 9.27. The van der Waals surface area contributed by atoms with Gasteiger partial charge >= 0.3 is 0 Å². The number of benzene rings is 1. The van der Waals surface area contributed by atoms with Gasteiger partial charge in [-0.1, -0.05) is 20.8 Å². The van der Waals surface area contributed by atoms with E-state index in [9.17, 15) is 5.11 Å². The molecule has 4 rings (SSSR count). The van der Waals surface area contributed by atoms with E-state index in [0.717, 1.165) is 17.4 Å². The number of aromatic hydroxyl groups is 1. The summed E-state index contributed by atoms with van der Waals surface area (Å²) in [5.41, 5.74) is 1.60. The molecule has 1 aromatic rings. The summed E-state index contributed by atoms with van der Waals surface area (Å²) in [6.07, 6.45) is 4.61. The predicted octanol–water partition coefficient (Wildman–Crippen LogP) is 3.88. The second-order valence-electron chi connectivity index (χ2n) is 6.89. The molecule has 102 valence electrons. The van der Waals surface area contributed by atoms with Gasteiger partial charge < -0.3 is 5.11 Å². The van der Waals surface area contributed by atoms with E-state index in [4.69, 9.17) is 4.99 Å². The molecule has 0 spiro atoms. The van der Waals surface area contributed by atoms with Crippen LogP contribution in [0, 0.1) is 23.2 Å². The number of nitrogens with zero attached hydrogens (tertiary/aromatic N) is 1. The molecule has 19 heavy (non-hydrogen) atoms. The Morgan fingerprint density at radius 2 is 1.89 bits per heavy atom. The minimum absolute atomic E-state index is 0.311. The van der Waals surface area contributed by atoms with Gasteiger partial charge in [0.2, 0.25) is 0 Å². The van der Waals surface area contributed by atoms with E-state index in [-0.39, 0.29) is 0 Å². The maximum absolute atomic E-state index is 9.27. The average molecular weight is 257 g/mol. The highest BCUT2D eigenvalue weighted by Gasteiger charge is 2.56. The second-order valence-corrected chi connectivity index (χ2v) is 6.89. The first kappa shape index (κ1) is 12.7. The van der Waals surface area contributed by atoms with E-state index >= 15 is 0 Å². The quantitative estimate of drug-likeness (QED) is 0.801. The predicted molar refractivity (Wildman–Crippen MR) is 78.6 cm³/mol. The fourth-order valence-electron chi connectivity index (χ4n) is 4.06. The molecule has 0 radical (unpaired) electrons. The molecule has 1 N–H and O–H groups in total. The maximum Gasteiger partial charge on any atom is 0.115 e. The first-order valence-electron chi connectivity index (χ1n) is 7.30. The molecule has 4 atom stereocenters. The smallest absolute Gasteiger partial charge is 0.115 e. The highest BCUT2D eigenvalue weighted by atomic mass is 16.3. The number of aliphatic imine (C=N–C) groups is 1. The molecule has 0 aliphatic heterocycles. The normalized spacial score (nSPS) is 36.2. The van der Waals surface area contributed by atoms with Gasteiger partial charge in [-0.3, -0.25) is 4.99 Å². The number of hydrogen-bond acceptors (Lipinski definition) is 2. The van der Waals surface area contributed by atoms with E-state index in [0.29, 0.717) is 23.1 Å². The van der Waals surface area contributed by atoms with Crippen LogP contribution in [-0.4, -0.2) is 17.4 Å². The van der Waals surface area contributed by atoms with Crippen LogP contribution in [0.5, 0.6) is 5.75 Å². The second kappa shape index (κ2) is 4.36. The van der Waals surface area contributed by atoms with Crippen LogP contribution in [0.1, 0.15) is 39.2 Å². The third-order valence-corrected chi connectivity index (χ3v) is 5.62. The Morgan fingerprint density at radius 1 is 1.21 bits per heavy atom. The molecule has 3 aliphatic carbocycles. The van der Waals surface area contributed by atoms with Gasteiger partial charge in [-0.05, 0) is 65.8 Å². The van der Waals surface area contributed by atoms with Gasteiger partial charge in [0.05, 0.1) is 6.04 Å². The molecule has 0 unspecified atom stereocenters. The lowest BCUT2D eigenvalue weighted by Crippen LogP contribution is -2.56. The Labute approximate surface area is 115 Å². The van der Waals surface area contributed by atoms with Crippen LogP contribution in [0.2, 0.25) is 0 Å². The van der Waals surface area contributed by atoms with Crippen molar-refractivity contribution in [2.24, 2.45) is 28.2 Å². The SMILES string of the molecule is C[C@H]1[C@@H](N=Cc2ccc(O)cc2)C[C@H]2C[C@@H]1C2(C)C. The fraction of sp³-hybridized carbons (Fsp3) is 0.588. The minimum atomic E-state index is 0.311. The number of hydrogen-bond donors (Lipinski definition) is 1. The topological polar surface area (TPSA) is 32.6 Å². The van der Waals surface area contributed by atoms with Crippen LogP contribution in [0.4, 0.5) is 0 Å². The Hall–Kier alpha value is -1.31. The largest absolute Gasteiger partial charge is 0.508 e. The Balaban J connectivity index is 1.70. The monoisotopic (exact) mass is 257 g/mol. The van der Waals surface area contributed by atoms with Crippen LogP contribution >= 0.6 is 0 Å². The molecule has 3 aliphatic rings. The molecule has 0 aromatic heterocycles. The third-order valence-electron chi connectivity index (χ3n) is 5.62. The van der Waals surface area contributed by atoms with Crippen molar-refractivity contribution >= 4 is 6.21 Å². The molecule has 0 amide bonds. The molecule has 1 aromatic carbocycles. The number of fused-ring (bicyclic) bond motifs is 2. The van der Waals surface area contributed by atoms with Gasteiger partial charge in [-0.2, -0.15) is 0 Å². The van der Waals surface area contributed by atoms with Crippen LogP contribution in [-0.2, 0) is 0 Å². The summed E-state index contributed by atoms with van der Waals surface area (Å²) in [5.74, 6) is 2.70. The standard InChI is InChI=1S/C17H23NO/c1-11-15-8-13(17(15,2)3)9-16(11)18-10-12-4-6-14(19)7-5-12/h4-7,10-11,13,15-16,19H,8-9H2,1-3H3/t11-,13-,15+,16+/m1/s1. The molecule has 2 nitrogen and oxygen atoms in total. The molecular weight excluding hydrogens is 234 g/mol. The number of phenolic OH excluding ortho intramolecular Hbond substituents is 1. The Morgan fingerprint density at radius 3 is 2.47 bits per heavy atom. The van der Waals surface area contributed by atoms with Crippen LogP contribution in [0.15, 0.2) is 29.3 Å². The summed E-state index contributed by atoms with van der Waals surface area (Å²) >= 11 is 0. The highest BCUT2D eigenvalue weighted by molar-refractivity contribution is 5.79. The van der Waals surface area contributed by atoms with E-state index in [1.807, 2.05) is 18.3 Å². The van der Waals surface area contributed by atoms with Crippen molar-refractivity contribution in [1.29, 1.82) is 0 Å². The van der Waals surface area contributed by atoms with Crippen molar-refractivity contribution in [3.05, 3.63) is 29.8 Å². The lowest BCUT2D eigenvalue weighted by Gasteiger charge is -2.61. The van der Waals surface area contributed by atoms with Gasteiger partial charge in [-0.15, -0.1) is 0 Å². The zero-order chi connectivity index (χ0) is 13.6. The van der Waals surface area contributed by atoms with Crippen molar-refractivity contribution in [3.8, 4) is 5.75 Å². The van der Waals surface area contributed by atoms with Gasteiger partial charge in [0.1, 0.15) is 5.75 Å². The number of rotatable bonds is 2. The Bertz CT molecular complexity index is 488. The highest BCUT2D eigenvalue weighted by Crippen LogP contribution is 2.61. The van der Waals surface area contributed by atoms with Gasteiger partial charge in [0, 0.05) is 6.21 Å². The van der Waals surface area contributed by atoms with Gasteiger partial charge in [-0.25, -0.2) is 0 Å². The molecular formula is C17H23NO. The summed E-state index contributed by atoms with van der Waals surface area (Å²) in [7, 11) is 0. The van der Waals surface area contributed by atoms with E-state index < -0.39 is 0 Å². The minimum Gasteiger partial charge on any atom is -0.508 e. The first-order valence-corrected chi connectivity index (χ1v) is 7.30. The molecule has 3 saturated carbocycles. The molecule has 2 heteroatoms. The van der Waals surface area contributed by atoms with E-state index in [2.05, 4.69) is 20.8 Å². The van der Waals surface area contributed by atoms with Crippen LogP contribution in [0.3, 0.4) is 0 Å². The zero-order valence-electron chi connectivity index (χ0n) is 12.0. The fourth-order valence-corrected chi connectivity index (χ4v) is 4.06. The summed E-state index contributed by atoms with van der Waals surface area (Å²) in [6, 6.07) is 7.73. The third kappa shape index (κ3) is 2.07. The van der Waals surface area contributed by atoms with Gasteiger partial charge in [0.25, 0.3) is 0 Å². The van der Waals surface area contributed by atoms with Crippen molar-refractivity contribution in [2.75, 3.05) is 0 Å².